The fraction of sp³-hybridized carbons (Fsp3) is 0.364. The number of nitrogens with zero attached hydrogens (tertiary/aromatic N) is 4. The van der Waals surface area contributed by atoms with E-state index in [0.29, 0.717) is 31.9 Å². The first kappa shape index (κ1) is 22.6. The topological polar surface area (TPSA) is 66.5 Å². The Morgan fingerprint density at radius 3 is 2.44 bits per heavy atom. The van der Waals surface area contributed by atoms with Crippen LogP contribution in [0.15, 0.2) is 47.1 Å². The molecule has 1 amide bonds. The van der Waals surface area contributed by atoms with Crippen LogP contribution in [-0.2, 0) is 0 Å². The third kappa shape index (κ3) is 4.08. The Hall–Kier alpha value is -3.21. The van der Waals surface area contributed by atoms with Gasteiger partial charge in [-0.15, -0.1) is 0 Å². The van der Waals surface area contributed by atoms with Crippen molar-refractivity contribution in [1.82, 2.24) is 14.7 Å². The average Bonchev–Trinajstić information content (AvgIpc) is 3.47. The number of amides is 1. The Morgan fingerprint density at radius 2 is 1.82 bits per heavy atom. The van der Waals surface area contributed by atoms with Crippen LogP contribution < -0.4 is 10.2 Å². The number of fused-ring (bicyclic) bond motifs is 1. The van der Waals surface area contributed by atoms with Gasteiger partial charge in [-0.25, -0.2) is 9.07 Å². The molecule has 1 fully saturated rings. The molecule has 12 heteroatoms. The van der Waals surface area contributed by atoms with E-state index in [1.807, 2.05) is 4.90 Å². The normalized spacial score (nSPS) is 20.7. The van der Waals surface area contributed by atoms with Gasteiger partial charge >= 0.3 is 6.18 Å². The molecule has 0 bridgehead atoms. The summed E-state index contributed by atoms with van der Waals surface area (Å²) in [7, 11) is 0. The van der Waals surface area contributed by atoms with Crippen molar-refractivity contribution in [1.29, 1.82) is 0 Å². The molecule has 1 saturated heterocycles. The number of halogens is 5. The number of anilines is 2. The number of rotatable bonds is 3. The standard InChI is InChI=1S/C22H20ClF4N5O2/c23-18-19(21(33)31-9-7-30(8-10-31)14-5-3-13(24)4-6-14)29-32-17(22(25,26)27)12-15(28-20(18)32)16-2-1-11-34-16/h1-6,11,15,17,28H,7-10,12H2/t15-,17-/m1/s1. The average molecular weight is 498 g/mol. The highest BCUT2D eigenvalue weighted by Gasteiger charge is 2.48. The Bertz CT molecular complexity index is 1170. The summed E-state index contributed by atoms with van der Waals surface area (Å²) in [6, 6.07) is 6.48. The number of carbonyl (C=O) groups is 1. The molecule has 180 valence electrons. The third-order valence-corrected chi connectivity index (χ3v) is 6.50. The van der Waals surface area contributed by atoms with Crippen molar-refractivity contribution in [3.63, 3.8) is 0 Å². The smallest absolute Gasteiger partial charge is 0.410 e. The molecule has 2 aliphatic rings. The molecule has 2 aliphatic heterocycles. The van der Waals surface area contributed by atoms with Gasteiger partial charge in [0.15, 0.2) is 11.7 Å². The van der Waals surface area contributed by atoms with Gasteiger partial charge in [0.1, 0.15) is 22.4 Å². The minimum absolute atomic E-state index is 0.0649. The van der Waals surface area contributed by atoms with Gasteiger partial charge in [-0.1, -0.05) is 11.6 Å². The minimum atomic E-state index is -4.60. The van der Waals surface area contributed by atoms with Crippen LogP contribution in [0.4, 0.5) is 29.1 Å². The molecule has 1 aromatic carbocycles. The van der Waals surface area contributed by atoms with E-state index < -0.39 is 24.2 Å². The number of carbonyl (C=O) groups excluding carboxylic acids is 1. The molecule has 0 aliphatic carbocycles. The summed E-state index contributed by atoms with van der Waals surface area (Å²) < 4.78 is 60.8. The molecular weight excluding hydrogens is 478 g/mol. The van der Waals surface area contributed by atoms with Crippen molar-refractivity contribution in [2.24, 2.45) is 0 Å². The summed E-state index contributed by atoms with van der Waals surface area (Å²) in [4.78, 5) is 16.7. The highest BCUT2D eigenvalue weighted by atomic mass is 35.5. The molecule has 1 N–H and O–H groups in total. The van der Waals surface area contributed by atoms with Crippen molar-refractivity contribution in [2.75, 3.05) is 36.4 Å². The second kappa shape index (κ2) is 8.53. The Morgan fingerprint density at radius 1 is 1.12 bits per heavy atom. The molecule has 0 spiro atoms. The molecule has 4 heterocycles. The number of aromatic nitrogens is 2. The van der Waals surface area contributed by atoms with Gasteiger partial charge in [0.25, 0.3) is 5.91 Å². The van der Waals surface area contributed by atoms with Gasteiger partial charge in [-0.3, -0.25) is 4.79 Å². The molecule has 0 radical (unpaired) electrons. The molecule has 5 rings (SSSR count). The fourth-order valence-corrected chi connectivity index (χ4v) is 4.63. The van der Waals surface area contributed by atoms with Gasteiger partial charge in [0.2, 0.25) is 0 Å². The number of piperazine rings is 1. The third-order valence-electron chi connectivity index (χ3n) is 6.14. The summed E-state index contributed by atoms with van der Waals surface area (Å²) in [6.45, 7) is 1.60. The molecule has 3 aromatic rings. The maximum atomic E-state index is 13.9. The van der Waals surface area contributed by atoms with Gasteiger partial charge < -0.3 is 19.5 Å². The second-order valence-electron chi connectivity index (χ2n) is 8.22. The first-order valence-electron chi connectivity index (χ1n) is 10.7. The van der Waals surface area contributed by atoms with Crippen LogP contribution in [-0.4, -0.2) is 52.9 Å². The summed E-state index contributed by atoms with van der Waals surface area (Å²) in [5, 5.41) is 6.79. The number of hydrogen-bond acceptors (Lipinski definition) is 5. The molecule has 34 heavy (non-hydrogen) atoms. The van der Waals surface area contributed by atoms with Crippen molar-refractivity contribution < 1.29 is 26.8 Å². The summed E-state index contributed by atoms with van der Waals surface area (Å²) in [5.41, 5.74) is 0.596. The van der Waals surface area contributed by atoms with Crippen LogP contribution in [0.25, 0.3) is 0 Å². The second-order valence-corrected chi connectivity index (χ2v) is 8.59. The van der Waals surface area contributed by atoms with Gasteiger partial charge in [-0.2, -0.15) is 18.3 Å². The minimum Gasteiger partial charge on any atom is -0.467 e. The van der Waals surface area contributed by atoms with Gasteiger partial charge in [0, 0.05) is 38.3 Å². The van der Waals surface area contributed by atoms with Gasteiger partial charge in [0.05, 0.1) is 12.3 Å². The van der Waals surface area contributed by atoms with E-state index >= 15 is 0 Å². The predicted octanol–water partition coefficient (Wildman–Crippen LogP) is 4.89. The van der Waals surface area contributed by atoms with Crippen LogP contribution in [0.1, 0.15) is 34.8 Å². The number of nitrogens with one attached hydrogen (secondary N) is 1. The lowest BCUT2D eigenvalue weighted by Crippen LogP contribution is -2.49. The van der Waals surface area contributed by atoms with Crippen LogP contribution >= 0.6 is 11.6 Å². The number of alkyl halides is 3. The Kier molecular flexibility index (Phi) is 5.67. The molecule has 0 saturated carbocycles. The Labute approximate surface area is 196 Å². The Balaban J connectivity index is 1.37. The maximum absolute atomic E-state index is 13.9. The van der Waals surface area contributed by atoms with E-state index in [9.17, 15) is 22.4 Å². The zero-order chi connectivity index (χ0) is 24.0. The highest BCUT2D eigenvalue weighted by Crippen LogP contribution is 2.46. The SMILES string of the molecule is O=C(c1nn2c(c1Cl)N[C@@H](c1ccco1)C[C@@H]2C(F)(F)F)N1CCN(c2ccc(F)cc2)CC1. The lowest BCUT2D eigenvalue weighted by Gasteiger charge is -2.35. The van der Waals surface area contributed by atoms with Crippen molar-refractivity contribution >= 4 is 29.0 Å². The van der Waals surface area contributed by atoms with Crippen LogP contribution in [0.3, 0.4) is 0 Å². The van der Waals surface area contributed by atoms with E-state index in [2.05, 4.69) is 10.4 Å². The van der Waals surface area contributed by atoms with Crippen LogP contribution in [0, 0.1) is 5.82 Å². The molecule has 2 aromatic heterocycles. The van der Waals surface area contributed by atoms with E-state index in [1.165, 1.54) is 23.3 Å². The van der Waals surface area contributed by atoms with E-state index in [-0.39, 0.29) is 28.8 Å². The van der Waals surface area contributed by atoms with E-state index in [0.717, 1.165) is 10.4 Å². The fourth-order valence-electron chi connectivity index (χ4n) is 4.37. The quantitative estimate of drug-likeness (QED) is 0.522. The van der Waals surface area contributed by atoms with E-state index in [4.69, 9.17) is 16.0 Å². The lowest BCUT2D eigenvalue weighted by atomic mass is 10.0. The van der Waals surface area contributed by atoms with Gasteiger partial charge in [-0.05, 0) is 36.4 Å². The zero-order valence-corrected chi connectivity index (χ0v) is 18.5. The van der Waals surface area contributed by atoms with Crippen LogP contribution in [0.2, 0.25) is 5.02 Å². The monoisotopic (exact) mass is 497 g/mol. The number of furan rings is 1. The summed E-state index contributed by atoms with van der Waals surface area (Å²) in [6.07, 6.45) is -3.57. The summed E-state index contributed by atoms with van der Waals surface area (Å²) in [5.74, 6) is -0.605. The zero-order valence-electron chi connectivity index (χ0n) is 17.7. The predicted molar refractivity (Wildman–Crippen MR) is 117 cm³/mol. The molecule has 0 unspecified atom stereocenters. The maximum Gasteiger partial charge on any atom is 0.410 e. The highest BCUT2D eigenvalue weighted by molar-refractivity contribution is 6.36. The largest absolute Gasteiger partial charge is 0.467 e. The molecule has 7 nitrogen and oxygen atoms in total. The van der Waals surface area contributed by atoms with Crippen molar-refractivity contribution in [3.05, 3.63) is 65.0 Å². The molecule has 2 atom stereocenters. The van der Waals surface area contributed by atoms with Crippen molar-refractivity contribution in [3.8, 4) is 0 Å². The number of hydrogen-bond donors (Lipinski definition) is 1. The lowest BCUT2D eigenvalue weighted by molar-refractivity contribution is -0.174. The van der Waals surface area contributed by atoms with Crippen molar-refractivity contribution in [2.45, 2.75) is 24.7 Å². The first-order valence-corrected chi connectivity index (χ1v) is 11.0. The first-order chi connectivity index (χ1) is 16.2. The molecular formula is C22H20ClF4N5O2. The van der Waals surface area contributed by atoms with Crippen LogP contribution in [0.5, 0.6) is 0 Å². The van der Waals surface area contributed by atoms with E-state index in [1.54, 1.807) is 24.3 Å². The number of benzene rings is 1. The summed E-state index contributed by atoms with van der Waals surface area (Å²) >= 11 is 6.40.